The number of rotatable bonds is 4. The number of hydrazone groups is 1. The number of carbonyl (C=O) groups is 1. The van der Waals surface area contributed by atoms with E-state index in [4.69, 9.17) is 4.42 Å². The molecule has 0 aliphatic heterocycles. The summed E-state index contributed by atoms with van der Waals surface area (Å²) in [7, 11) is 0. The topological polar surface area (TPSA) is 54.6 Å². The third kappa shape index (κ3) is 3.43. The fourth-order valence-electron chi connectivity index (χ4n) is 1.29. The summed E-state index contributed by atoms with van der Waals surface area (Å²) in [5, 5.41) is 5.73. The van der Waals surface area contributed by atoms with Gasteiger partial charge in [0.05, 0.1) is 17.4 Å². The van der Waals surface area contributed by atoms with Crippen LogP contribution in [0.5, 0.6) is 0 Å². The third-order valence-electron chi connectivity index (χ3n) is 2.09. The summed E-state index contributed by atoms with van der Waals surface area (Å²) in [5.41, 5.74) is 3.35. The normalized spacial score (nSPS) is 11.9. The van der Waals surface area contributed by atoms with Crippen LogP contribution >= 0.6 is 11.3 Å². The van der Waals surface area contributed by atoms with Crippen molar-refractivity contribution in [3.8, 4) is 0 Å². The molecule has 92 valence electrons. The third-order valence-corrected chi connectivity index (χ3v) is 2.96. The number of hydrogen-bond acceptors (Lipinski definition) is 4. The maximum absolute atomic E-state index is 11.6. The smallest absolute Gasteiger partial charge is 0.281 e. The monoisotopic (exact) mass is 260 g/mol. The van der Waals surface area contributed by atoms with E-state index in [0.29, 0.717) is 4.88 Å². The van der Waals surface area contributed by atoms with Crippen LogP contribution < -0.4 is 5.43 Å². The molecule has 5 heteroatoms. The first-order chi connectivity index (χ1) is 8.75. The van der Waals surface area contributed by atoms with Crippen LogP contribution in [0.25, 0.3) is 6.08 Å². The first-order valence-electron chi connectivity index (χ1n) is 5.34. The Balaban J connectivity index is 1.90. The molecule has 0 aliphatic carbocycles. The highest BCUT2D eigenvalue weighted by atomic mass is 32.1. The van der Waals surface area contributed by atoms with Gasteiger partial charge in [-0.2, -0.15) is 5.10 Å². The molecule has 0 spiro atoms. The molecule has 18 heavy (non-hydrogen) atoms. The molecule has 0 aliphatic rings. The maximum atomic E-state index is 11.6. The minimum absolute atomic E-state index is 0.202. The Morgan fingerprint density at radius 3 is 3.00 bits per heavy atom. The van der Waals surface area contributed by atoms with Crippen LogP contribution in [0, 0.1) is 0 Å². The predicted octanol–water partition coefficient (Wildman–Crippen LogP) is 3.16. The zero-order valence-corrected chi connectivity index (χ0v) is 10.6. The lowest BCUT2D eigenvalue weighted by Gasteiger charge is -1.95. The van der Waals surface area contributed by atoms with Crippen LogP contribution in [0.3, 0.4) is 0 Å². The largest absolute Gasteiger partial charge is 0.465 e. The minimum Gasteiger partial charge on any atom is -0.465 e. The highest BCUT2D eigenvalue weighted by Gasteiger charge is 2.03. The molecule has 0 fully saturated rings. The Morgan fingerprint density at radius 1 is 1.44 bits per heavy atom. The van der Waals surface area contributed by atoms with Crippen LogP contribution in [0.2, 0.25) is 0 Å². The van der Waals surface area contributed by atoms with Gasteiger partial charge in [-0.3, -0.25) is 4.79 Å². The van der Waals surface area contributed by atoms with E-state index in [2.05, 4.69) is 10.5 Å². The summed E-state index contributed by atoms with van der Waals surface area (Å²) < 4.78 is 5.17. The Bertz CT molecular complexity index is 554. The zero-order chi connectivity index (χ0) is 12.8. The number of nitrogens with one attached hydrogen (secondary N) is 1. The molecule has 1 amide bonds. The Hall–Kier alpha value is -2.14. The quantitative estimate of drug-likeness (QED) is 0.678. The van der Waals surface area contributed by atoms with Gasteiger partial charge in [-0.15, -0.1) is 11.3 Å². The molecule has 4 nitrogen and oxygen atoms in total. The molecule has 2 aromatic heterocycles. The van der Waals surface area contributed by atoms with E-state index in [1.54, 1.807) is 18.5 Å². The predicted molar refractivity (Wildman–Crippen MR) is 72.6 cm³/mol. The maximum Gasteiger partial charge on any atom is 0.281 e. The van der Waals surface area contributed by atoms with Crippen molar-refractivity contribution in [2.24, 2.45) is 5.10 Å². The van der Waals surface area contributed by atoms with E-state index >= 15 is 0 Å². The van der Waals surface area contributed by atoms with E-state index in [0.717, 1.165) is 11.3 Å². The number of amides is 1. The van der Waals surface area contributed by atoms with Crippen LogP contribution in [0.1, 0.15) is 22.4 Å². The second kappa shape index (κ2) is 5.97. The molecule has 0 saturated heterocycles. The second-order valence-corrected chi connectivity index (χ2v) is 4.53. The summed E-state index contributed by atoms with van der Waals surface area (Å²) >= 11 is 1.38. The Kier molecular flexibility index (Phi) is 4.09. The fourth-order valence-corrected chi connectivity index (χ4v) is 1.90. The molecular weight excluding hydrogens is 248 g/mol. The zero-order valence-electron chi connectivity index (χ0n) is 9.79. The molecule has 0 bridgehead atoms. The van der Waals surface area contributed by atoms with Gasteiger partial charge in [0.25, 0.3) is 5.91 Å². The van der Waals surface area contributed by atoms with Gasteiger partial charge in [0.15, 0.2) is 0 Å². The number of hydrogen-bond donors (Lipinski definition) is 1. The van der Waals surface area contributed by atoms with Crippen molar-refractivity contribution < 1.29 is 9.21 Å². The van der Waals surface area contributed by atoms with E-state index in [-0.39, 0.29) is 5.91 Å². The SMILES string of the molecule is CC(/C=N\NC(=O)c1cccs1)=C\c1ccco1. The average Bonchev–Trinajstić information content (AvgIpc) is 3.00. The molecule has 2 rings (SSSR count). The standard InChI is InChI=1S/C13H12N2O2S/c1-10(8-11-4-2-6-17-11)9-14-15-13(16)12-5-3-7-18-12/h2-9H,1H3,(H,15,16)/b10-8+,14-9-. The van der Waals surface area contributed by atoms with Gasteiger partial charge in [-0.05, 0) is 42.2 Å². The number of carbonyl (C=O) groups excluding carboxylic acids is 1. The van der Waals surface area contributed by atoms with Gasteiger partial charge in [0, 0.05) is 0 Å². The lowest BCUT2D eigenvalue weighted by Crippen LogP contribution is -2.15. The van der Waals surface area contributed by atoms with Gasteiger partial charge in [0.1, 0.15) is 5.76 Å². The molecule has 1 N–H and O–H groups in total. The number of furan rings is 1. The highest BCUT2D eigenvalue weighted by Crippen LogP contribution is 2.08. The van der Waals surface area contributed by atoms with Crippen LogP contribution in [-0.4, -0.2) is 12.1 Å². The molecule has 0 unspecified atom stereocenters. The van der Waals surface area contributed by atoms with E-state index < -0.39 is 0 Å². The summed E-state index contributed by atoms with van der Waals surface area (Å²) in [6.07, 6.45) is 5.02. The van der Waals surface area contributed by atoms with Crippen LogP contribution in [0.15, 0.2) is 51.0 Å². The van der Waals surface area contributed by atoms with Crippen molar-refractivity contribution in [1.29, 1.82) is 0 Å². The van der Waals surface area contributed by atoms with Crippen molar-refractivity contribution in [3.05, 3.63) is 52.1 Å². The molecule has 2 aromatic rings. The van der Waals surface area contributed by atoms with E-state index in [9.17, 15) is 4.79 Å². The Labute approximate surface area is 109 Å². The number of thiophene rings is 1. The lowest BCUT2D eigenvalue weighted by atomic mass is 10.3. The van der Waals surface area contributed by atoms with Crippen LogP contribution in [-0.2, 0) is 0 Å². The van der Waals surface area contributed by atoms with Gasteiger partial charge >= 0.3 is 0 Å². The van der Waals surface area contributed by atoms with Crippen molar-refractivity contribution >= 4 is 29.5 Å². The summed E-state index contributed by atoms with van der Waals surface area (Å²) in [4.78, 5) is 12.2. The molecule has 0 radical (unpaired) electrons. The summed E-state index contributed by atoms with van der Waals surface area (Å²) in [5.74, 6) is 0.551. The minimum atomic E-state index is -0.202. The van der Waals surface area contributed by atoms with Gasteiger partial charge < -0.3 is 4.42 Å². The second-order valence-electron chi connectivity index (χ2n) is 3.58. The molecule has 2 heterocycles. The first-order valence-corrected chi connectivity index (χ1v) is 6.22. The summed E-state index contributed by atoms with van der Waals surface area (Å²) in [6.45, 7) is 1.88. The first kappa shape index (κ1) is 12.3. The molecule has 0 saturated carbocycles. The van der Waals surface area contributed by atoms with Crippen molar-refractivity contribution in [2.75, 3.05) is 0 Å². The number of nitrogens with zero attached hydrogens (tertiary/aromatic N) is 1. The van der Waals surface area contributed by atoms with Crippen LogP contribution in [0.4, 0.5) is 0 Å². The molecule has 0 aromatic carbocycles. The Morgan fingerprint density at radius 2 is 2.33 bits per heavy atom. The van der Waals surface area contributed by atoms with Gasteiger partial charge in [-0.25, -0.2) is 5.43 Å². The fraction of sp³-hybridized carbons (Fsp3) is 0.0769. The highest BCUT2D eigenvalue weighted by molar-refractivity contribution is 7.12. The number of allylic oxidation sites excluding steroid dienone is 1. The van der Waals surface area contributed by atoms with Gasteiger partial charge in [-0.1, -0.05) is 6.07 Å². The molecular formula is C13H12N2O2S. The van der Waals surface area contributed by atoms with E-state index in [1.165, 1.54) is 11.3 Å². The van der Waals surface area contributed by atoms with E-state index in [1.807, 2.05) is 36.6 Å². The summed E-state index contributed by atoms with van der Waals surface area (Å²) in [6, 6.07) is 7.24. The van der Waals surface area contributed by atoms with Crippen molar-refractivity contribution in [1.82, 2.24) is 5.43 Å². The molecule has 0 atom stereocenters. The average molecular weight is 260 g/mol. The van der Waals surface area contributed by atoms with Crippen molar-refractivity contribution in [2.45, 2.75) is 6.92 Å². The van der Waals surface area contributed by atoms with Gasteiger partial charge in [0.2, 0.25) is 0 Å². The van der Waals surface area contributed by atoms with Crippen molar-refractivity contribution in [3.63, 3.8) is 0 Å². The lowest BCUT2D eigenvalue weighted by molar-refractivity contribution is 0.0959.